The zero-order valence-electron chi connectivity index (χ0n) is 11.0. The monoisotopic (exact) mass is 286 g/mol. The molecule has 0 saturated heterocycles. The summed E-state index contributed by atoms with van der Waals surface area (Å²) in [6.45, 7) is 5.03. The summed E-state index contributed by atoms with van der Waals surface area (Å²) in [5, 5.41) is 12.2. The zero-order chi connectivity index (χ0) is 13.8. The second-order valence-corrected chi connectivity index (χ2v) is 4.52. The SMILES string of the molecule is CCCCCCl.CCNc1ccc(C#N)c(Cl)c1. The van der Waals surface area contributed by atoms with Crippen LogP contribution in [0.25, 0.3) is 0 Å². The van der Waals surface area contributed by atoms with E-state index in [9.17, 15) is 0 Å². The molecule has 100 valence electrons. The number of hydrogen-bond donors (Lipinski definition) is 1. The van der Waals surface area contributed by atoms with Crippen LogP contribution in [0.4, 0.5) is 5.69 Å². The number of rotatable bonds is 5. The molecule has 1 aromatic carbocycles. The largest absolute Gasteiger partial charge is 0.385 e. The van der Waals surface area contributed by atoms with Gasteiger partial charge < -0.3 is 5.32 Å². The first-order valence-electron chi connectivity index (χ1n) is 6.19. The summed E-state index contributed by atoms with van der Waals surface area (Å²) in [5.41, 5.74) is 1.46. The molecule has 0 unspecified atom stereocenters. The topological polar surface area (TPSA) is 35.8 Å². The van der Waals surface area contributed by atoms with E-state index in [1.54, 1.807) is 12.1 Å². The number of anilines is 1. The molecule has 0 radical (unpaired) electrons. The first kappa shape index (κ1) is 17.1. The Morgan fingerprint density at radius 3 is 2.39 bits per heavy atom. The fraction of sp³-hybridized carbons (Fsp3) is 0.500. The molecule has 0 bridgehead atoms. The second kappa shape index (κ2) is 11.2. The predicted molar refractivity (Wildman–Crippen MR) is 80.6 cm³/mol. The summed E-state index contributed by atoms with van der Waals surface area (Å²) in [6, 6.07) is 7.31. The van der Waals surface area contributed by atoms with Crippen molar-refractivity contribution in [1.29, 1.82) is 5.26 Å². The maximum Gasteiger partial charge on any atom is 0.101 e. The van der Waals surface area contributed by atoms with Crippen LogP contribution in [0.15, 0.2) is 18.2 Å². The maximum absolute atomic E-state index is 8.58. The molecule has 1 N–H and O–H groups in total. The van der Waals surface area contributed by atoms with Crippen LogP contribution in [0.2, 0.25) is 5.02 Å². The Balaban J connectivity index is 0.000000411. The van der Waals surface area contributed by atoms with Crippen molar-refractivity contribution in [2.45, 2.75) is 33.1 Å². The average molecular weight is 287 g/mol. The normalized spacial score (nSPS) is 9.06. The highest BCUT2D eigenvalue weighted by atomic mass is 35.5. The number of halogens is 2. The molecule has 0 atom stereocenters. The molecule has 0 aliphatic rings. The average Bonchev–Trinajstić information content (AvgIpc) is 2.38. The van der Waals surface area contributed by atoms with E-state index in [0.29, 0.717) is 10.6 Å². The summed E-state index contributed by atoms with van der Waals surface area (Å²) < 4.78 is 0. The maximum atomic E-state index is 8.58. The highest BCUT2D eigenvalue weighted by Gasteiger charge is 1.98. The van der Waals surface area contributed by atoms with Crippen LogP contribution in [0.1, 0.15) is 38.7 Å². The van der Waals surface area contributed by atoms with Crippen molar-refractivity contribution in [2.75, 3.05) is 17.7 Å². The lowest BCUT2D eigenvalue weighted by atomic mass is 10.2. The molecule has 0 aromatic heterocycles. The quantitative estimate of drug-likeness (QED) is 0.607. The summed E-state index contributed by atoms with van der Waals surface area (Å²) in [4.78, 5) is 0. The van der Waals surface area contributed by atoms with E-state index in [0.717, 1.165) is 18.1 Å². The van der Waals surface area contributed by atoms with Crippen LogP contribution in [-0.2, 0) is 0 Å². The van der Waals surface area contributed by atoms with Crippen LogP contribution in [-0.4, -0.2) is 12.4 Å². The Hall–Kier alpha value is -0.910. The number of hydrogen-bond acceptors (Lipinski definition) is 2. The van der Waals surface area contributed by atoms with E-state index in [2.05, 4.69) is 12.2 Å². The lowest BCUT2D eigenvalue weighted by Crippen LogP contribution is -1.96. The fourth-order valence-corrected chi connectivity index (χ4v) is 1.68. The van der Waals surface area contributed by atoms with Gasteiger partial charge in [-0.25, -0.2) is 0 Å². The molecule has 0 amide bonds. The summed E-state index contributed by atoms with van der Waals surface area (Å²) in [6.07, 6.45) is 3.73. The van der Waals surface area contributed by atoms with E-state index in [4.69, 9.17) is 28.5 Å². The molecule has 0 aliphatic heterocycles. The van der Waals surface area contributed by atoms with Crippen LogP contribution in [0.3, 0.4) is 0 Å². The van der Waals surface area contributed by atoms with Gasteiger partial charge in [-0.2, -0.15) is 5.26 Å². The second-order valence-electron chi connectivity index (χ2n) is 3.73. The van der Waals surface area contributed by atoms with Crippen LogP contribution in [0, 0.1) is 11.3 Å². The van der Waals surface area contributed by atoms with Crippen molar-refractivity contribution < 1.29 is 0 Å². The minimum absolute atomic E-state index is 0.496. The highest BCUT2D eigenvalue weighted by Crippen LogP contribution is 2.19. The molecular formula is C14H20Cl2N2. The Morgan fingerprint density at radius 1 is 1.28 bits per heavy atom. The third-order valence-corrected chi connectivity index (χ3v) is 2.79. The van der Waals surface area contributed by atoms with Gasteiger partial charge in [-0.3, -0.25) is 0 Å². The molecule has 0 aliphatic carbocycles. The van der Waals surface area contributed by atoms with Gasteiger partial charge in [-0.15, -0.1) is 11.6 Å². The van der Waals surface area contributed by atoms with Gasteiger partial charge in [0.1, 0.15) is 6.07 Å². The van der Waals surface area contributed by atoms with Gasteiger partial charge in [-0.05, 0) is 31.5 Å². The van der Waals surface area contributed by atoms with Crippen molar-refractivity contribution in [3.63, 3.8) is 0 Å². The van der Waals surface area contributed by atoms with Gasteiger partial charge in [0.2, 0.25) is 0 Å². The smallest absolute Gasteiger partial charge is 0.101 e. The van der Waals surface area contributed by atoms with Crippen LogP contribution in [0.5, 0.6) is 0 Å². The van der Waals surface area contributed by atoms with E-state index in [1.807, 2.05) is 19.1 Å². The predicted octanol–water partition coefficient (Wildman–Crippen LogP) is 5.06. The van der Waals surface area contributed by atoms with Crippen molar-refractivity contribution in [2.24, 2.45) is 0 Å². The number of unbranched alkanes of at least 4 members (excludes halogenated alkanes) is 2. The minimum Gasteiger partial charge on any atom is -0.385 e. The molecule has 18 heavy (non-hydrogen) atoms. The number of nitrogens with zero attached hydrogens (tertiary/aromatic N) is 1. The lowest BCUT2D eigenvalue weighted by molar-refractivity contribution is 0.776. The first-order chi connectivity index (χ1) is 8.69. The molecule has 0 fully saturated rings. The Morgan fingerprint density at radius 2 is 2.00 bits per heavy atom. The number of nitrogens with one attached hydrogen (secondary N) is 1. The summed E-state index contributed by atoms with van der Waals surface area (Å²) in [7, 11) is 0. The van der Waals surface area contributed by atoms with E-state index in [-0.39, 0.29) is 0 Å². The third kappa shape index (κ3) is 7.42. The summed E-state index contributed by atoms with van der Waals surface area (Å²) in [5.74, 6) is 0.827. The van der Waals surface area contributed by atoms with E-state index < -0.39 is 0 Å². The van der Waals surface area contributed by atoms with Crippen LogP contribution < -0.4 is 5.32 Å². The minimum atomic E-state index is 0.496. The number of alkyl halides is 1. The molecule has 0 spiro atoms. The number of nitriles is 1. The van der Waals surface area contributed by atoms with Gasteiger partial charge in [0.25, 0.3) is 0 Å². The molecule has 1 rings (SSSR count). The van der Waals surface area contributed by atoms with E-state index in [1.165, 1.54) is 19.3 Å². The lowest BCUT2D eigenvalue weighted by Gasteiger charge is -2.03. The van der Waals surface area contributed by atoms with E-state index >= 15 is 0 Å². The Labute approximate surface area is 120 Å². The van der Waals surface area contributed by atoms with Gasteiger partial charge in [0.05, 0.1) is 10.6 Å². The van der Waals surface area contributed by atoms with Crippen molar-refractivity contribution in [3.8, 4) is 6.07 Å². The van der Waals surface area contributed by atoms with Gasteiger partial charge in [0, 0.05) is 18.1 Å². The van der Waals surface area contributed by atoms with Gasteiger partial charge >= 0.3 is 0 Å². The van der Waals surface area contributed by atoms with Crippen LogP contribution >= 0.6 is 23.2 Å². The Kier molecular flexibility index (Phi) is 10.6. The third-order valence-electron chi connectivity index (χ3n) is 2.21. The molecular weight excluding hydrogens is 267 g/mol. The fourth-order valence-electron chi connectivity index (χ4n) is 1.26. The molecule has 1 aromatic rings. The molecule has 4 heteroatoms. The zero-order valence-corrected chi connectivity index (χ0v) is 12.5. The highest BCUT2D eigenvalue weighted by molar-refractivity contribution is 6.32. The molecule has 0 saturated carbocycles. The number of benzene rings is 1. The standard InChI is InChI=1S/C9H9ClN2.C5H11Cl/c1-2-12-8-4-3-7(6-11)9(10)5-8;1-2-3-4-5-6/h3-5,12H,2H2,1H3;2-5H2,1H3. The van der Waals surface area contributed by atoms with Gasteiger partial charge in [0.15, 0.2) is 0 Å². The molecule has 2 nitrogen and oxygen atoms in total. The van der Waals surface area contributed by atoms with Gasteiger partial charge in [-0.1, -0.05) is 31.4 Å². The first-order valence-corrected chi connectivity index (χ1v) is 7.10. The van der Waals surface area contributed by atoms with Crippen molar-refractivity contribution in [3.05, 3.63) is 28.8 Å². The van der Waals surface area contributed by atoms with Crippen molar-refractivity contribution >= 4 is 28.9 Å². The van der Waals surface area contributed by atoms with Crippen molar-refractivity contribution in [1.82, 2.24) is 0 Å². The molecule has 0 heterocycles. The Bertz CT molecular complexity index is 369. The summed E-state index contributed by atoms with van der Waals surface area (Å²) >= 11 is 11.2.